The molecule has 1 amide bonds. The molecule has 4 N–H and O–H groups in total. The Morgan fingerprint density at radius 3 is 2.40 bits per heavy atom. The Labute approximate surface area is 87.4 Å². The molecule has 0 saturated carbocycles. The van der Waals surface area contributed by atoms with Crippen molar-refractivity contribution in [2.45, 2.75) is 19.1 Å². The summed E-state index contributed by atoms with van der Waals surface area (Å²) in [7, 11) is 1.23. The summed E-state index contributed by atoms with van der Waals surface area (Å²) in [6.07, 6.45) is -0.999. The lowest BCUT2D eigenvalue weighted by Crippen LogP contribution is -2.49. The summed E-state index contributed by atoms with van der Waals surface area (Å²) in [4.78, 5) is 22.3. The summed E-state index contributed by atoms with van der Waals surface area (Å²) in [6.45, 7) is 0.713. The SMILES string of the molecule is CCC(N)(CO)OC(=O)CN(C)C(=O)O. The van der Waals surface area contributed by atoms with Crippen LogP contribution in [0.25, 0.3) is 0 Å². The third kappa shape index (κ3) is 4.61. The number of carbonyl (C=O) groups excluding carboxylic acids is 1. The molecule has 7 nitrogen and oxygen atoms in total. The van der Waals surface area contributed by atoms with Gasteiger partial charge in [0.2, 0.25) is 0 Å². The quantitative estimate of drug-likeness (QED) is 0.413. The number of esters is 1. The lowest BCUT2D eigenvalue weighted by atomic mass is 10.2. The molecular formula is C8H16N2O5. The lowest BCUT2D eigenvalue weighted by Gasteiger charge is -2.26. The minimum Gasteiger partial charge on any atom is -0.465 e. The van der Waals surface area contributed by atoms with Crippen LogP contribution in [0.15, 0.2) is 0 Å². The summed E-state index contributed by atoms with van der Waals surface area (Å²) in [5, 5.41) is 17.3. The first kappa shape index (κ1) is 13.7. The molecule has 0 fully saturated rings. The first-order valence-electron chi connectivity index (χ1n) is 4.40. The summed E-state index contributed by atoms with van der Waals surface area (Å²) in [5.41, 5.74) is 4.06. The average molecular weight is 220 g/mol. The molecule has 15 heavy (non-hydrogen) atoms. The Morgan fingerprint density at radius 2 is 2.07 bits per heavy atom. The number of nitrogens with zero attached hydrogens (tertiary/aromatic N) is 1. The Hall–Kier alpha value is -1.34. The van der Waals surface area contributed by atoms with Crippen molar-refractivity contribution in [2.75, 3.05) is 20.2 Å². The van der Waals surface area contributed by atoms with E-state index in [-0.39, 0.29) is 6.42 Å². The van der Waals surface area contributed by atoms with Crippen molar-refractivity contribution in [2.24, 2.45) is 5.73 Å². The van der Waals surface area contributed by atoms with Crippen LogP contribution in [0, 0.1) is 0 Å². The van der Waals surface area contributed by atoms with Crippen molar-refractivity contribution < 1.29 is 24.5 Å². The van der Waals surface area contributed by atoms with Crippen LogP contribution in [0.3, 0.4) is 0 Å². The van der Waals surface area contributed by atoms with E-state index in [1.54, 1.807) is 6.92 Å². The largest absolute Gasteiger partial charge is 0.465 e. The normalized spacial score (nSPS) is 14.1. The number of aliphatic hydroxyl groups excluding tert-OH is 1. The van der Waals surface area contributed by atoms with Gasteiger partial charge < -0.3 is 19.8 Å². The summed E-state index contributed by atoms with van der Waals surface area (Å²) in [5.74, 6) is -0.793. The average Bonchev–Trinajstić information content (AvgIpc) is 2.17. The van der Waals surface area contributed by atoms with Crippen LogP contribution in [0.5, 0.6) is 0 Å². The van der Waals surface area contributed by atoms with E-state index in [0.717, 1.165) is 4.90 Å². The van der Waals surface area contributed by atoms with Gasteiger partial charge in [0, 0.05) is 13.5 Å². The van der Waals surface area contributed by atoms with Gasteiger partial charge >= 0.3 is 12.1 Å². The van der Waals surface area contributed by atoms with Crippen LogP contribution in [0.1, 0.15) is 13.3 Å². The van der Waals surface area contributed by atoms with Crippen molar-refractivity contribution in [1.29, 1.82) is 0 Å². The van der Waals surface area contributed by atoms with Crippen molar-refractivity contribution in [1.82, 2.24) is 4.90 Å². The Morgan fingerprint density at radius 1 is 1.53 bits per heavy atom. The zero-order valence-electron chi connectivity index (χ0n) is 8.77. The first-order valence-corrected chi connectivity index (χ1v) is 4.40. The van der Waals surface area contributed by atoms with Gasteiger partial charge in [-0.1, -0.05) is 6.92 Å². The maximum Gasteiger partial charge on any atom is 0.407 e. The maximum atomic E-state index is 11.2. The van der Waals surface area contributed by atoms with E-state index in [0.29, 0.717) is 0 Å². The molecule has 0 aliphatic heterocycles. The highest BCUT2D eigenvalue weighted by atomic mass is 16.6. The van der Waals surface area contributed by atoms with E-state index < -0.39 is 30.9 Å². The second-order valence-electron chi connectivity index (χ2n) is 3.19. The van der Waals surface area contributed by atoms with Crippen LogP contribution < -0.4 is 5.73 Å². The van der Waals surface area contributed by atoms with Crippen LogP contribution in [-0.2, 0) is 9.53 Å². The summed E-state index contributed by atoms with van der Waals surface area (Å²) >= 11 is 0. The predicted octanol–water partition coefficient (Wildman–Crippen LogP) is -0.803. The summed E-state index contributed by atoms with van der Waals surface area (Å²) < 4.78 is 4.74. The molecule has 0 spiro atoms. The number of carboxylic acid groups (broad SMARTS) is 1. The Kier molecular flexibility index (Phi) is 5.03. The standard InChI is InChI=1S/C8H16N2O5/c1-3-8(9,5-11)15-6(12)4-10(2)7(13)14/h11H,3-5,9H2,1-2H3,(H,13,14). The van der Waals surface area contributed by atoms with Crippen LogP contribution in [0.2, 0.25) is 0 Å². The fourth-order valence-electron chi connectivity index (χ4n) is 0.737. The molecule has 0 aromatic rings. The van der Waals surface area contributed by atoms with Crippen molar-refractivity contribution in [3.8, 4) is 0 Å². The van der Waals surface area contributed by atoms with Gasteiger partial charge in [0.15, 0.2) is 5.72 Å². The van der Waals surface area contributed by atoms with Gasteiger partial charge in [0.05, 0.1) is 6.61 Å². The summed E-state index contributed by atoms with van der Waals surface area (Å²) in [6, 6.07) is 0. The monoisotopic (exact) mass is 220 g/mol. The van der Waals surface area contributed by atoms with Gasteiger partial charge in [-0.2, -0.15) is 0 Å². The fourth-order valence-corrected chi connectivity index (χ4v) is 0.737. The molecule has 0 aliphatic rings. The number of hydrogen-bond acceptors (Lipinski definition) is 5. The number of aliphatic hydroxyl groups is 1. The van der Waals surface area contributed by atoms with Crippen molar-refractivity contribution >= 4 is 12.1 Å². The third-order valence-corrected chi connectivity index (χ3v) is 1.88. The number of ether oxygens (including phenoxy) is 1. The van der Waals surface area contributed by atoms with Gasteiger partial charge in [0.1, 0.15) is 6.54 Å². The first-order chi connectivity index (χ1) is 6.84. The molecule has 88 valence electrons. The maximum absolute atomic E-state index is 11.2. The second-order valence-corrected chi connectivity index (χ2v) is 3.19. The molecule has 0 aliphatic carbocycles. The van der Waals surface area contributed by atoms with E-state index in [9.17, 15) is 9.59 Å². The van der Waals surface area contributed by atoms with Crippen LogP contribution in [0.4, 0.5) is 4.79 Å². The highest BCUT2D eigenvalue weighted by molar-refractivity contribution is 5.77. The number of likely N-dealkylation sites (N-methyl/N-ethyl adjacent to an activating group) is 1. The van der Waals surface area contributed by atoms with Gasteiger partial charge in [-0.3, -0.25) is 10.5 Å². The van der Waals surface area contributed by atoms with Crippen LogP contribution >= 0.6 is 0 Å². The third-order valence-electron chi connectivity index (χ3n) is 1.88. The van der Waals surface area contributed by atoms with E-state index in [4.69, 9.17) is 20.7 Å². The fraction of sp³-hybridized carbons (Fsp3) is 0.750. The number of amides is 1. The zero-order chi connectivity index (χ0) is 12.1. The molecule has 1 unspecified atom stereocenters. The van der Waals surface area contributed by atoms with E-state index >= 15 is 0 Å². The number of rotatable bonds is 5. The molecule has 0 aromatic carbocycles. The Bertz CT molecular complexity index is 239. The molecule has 0 saturated heterocycles. The van der Waals surface area contributed by atoms with Gasteiger partial charge in [-0.05, 0) is 0 Å². The number of carbonyl (C=O) groups is 2. The zero-order valence-corrected chi connectivity index (χ0v) is 8.77. The highest BCUT2D eigenvalue weighted by Crippen LogP contribution is 2.07. The lowest BCUT2D eigenvalue weighted by molar-refractivity contribution is -0.164. The van der Waals surface area contributed by atoms with E-state index in [1.165, 1.54) is 7.05 Å². The molecule has 0 radical (unpaired) electrons. The minimum absolute atomic E-state index is 0.242. The molecule has 0 heterocycles. The van der Waals surface area contributed by atoms with Crippen molar-refractivity contribution in [3.63, 3.8) is 0 Å². The number of hydrogen-bond donors (Lipinski definition) is 3. The molecule has 0 aromatic heterocycles. The molecule has 0 bridgehead atoms. The molecular weight excluding hydrogens is 204 g/mol. The molecule has 7 heteroatoms. The molecule has 1 atom stereocenters. The number of nitrogens with two attached hydrogens (primary N) is 1. The molecule has 0 rings (SSSR count). The topological polar surface area (TPSA) is 113 Å². The Balaban J connectivity index is 4.19. The highest BCUT2D eigenvalue weighted by Gasteiger charge is 2.27. The van der Waals surface area contributed by atoms with Gasteiger partial charge in [0.25, 0.3) is 0 Å². The second kappa shape index (κ2) is 5.52. The van der Waals surface area contributed by atoms with Gasteiger partial charge in [-0.15, -0.1) is 0 Å². The minimum atomic E-state index is -1.43. The van der Waals surface area contributed by atoms with Crippen molar-refractivity contribution in [3.05, 3.63) is 0 Å². The predicted molar refractivity (Wildman–Crippen MR) is 51.0 cm³/mol. The van der Waals surface area contributed by atoms with Gasteiger partial charge in [-0.25, -0.2) is 4.79 Å². The smallest absolute Gasteiger partial charge is 0.407 e. The van der Waals surface area contributed by atoms with E-state index in [1.807, 2.05) is 0 Å². The van der Waals surface area contributed by atoms with E-state index in [2.05, 4.69) is 0 Å². The van der Waals surface area contributed by atoms with Crippen LogP contribution in [-0.4, -0.2) is 53.1 Å².